The average molecular weight is 345 g/mol. The van der Waals surface area contributed by atoms with Gasteiger partial charge in [-0.1, -0.05) is 23.9 Å². The molecule has 2 bridgehead atoms. The molecule has 0 radical (unpaired) electrons. The Bertz CT molecular complexity index is 822. The molecular formula is C17H16FN3O2S. The number of nitriles is 1. The molecular weight excluding hydrogens is 329 g/mol. The van der Waals surface area contributed by atoms with Crippen molar-refractivity contribution in [3.8, 4) is 6.07 Å². The minimum Gasteiger partial charge on any atom is -0.320 e. The van der Waals surface area contributed by atoms with Gasteiger partial charge in [-0.3, -0.25) is 9.59 Å². The van der Waals surface area contributed by atoms with Gasteiger partial charge in [-0.05, 0) is 31.5 Å². The van der Waals surface area contributed by atoms with Crippen LogP contribution in [0.4, 0.5) is 4.39 Å². The van der Waals surface area contributed by atoms with Crippen molar-refractivity contribution in [1.29, 1.82) is 5.26 Å². The summed E-state index contributed by atoms with van der Waals surface area (Å²) in [6.45, 7) is 3.52. The number of rotatable bonds is 1. The summed E-state index contributed by atoms with van der Waals surface area (Å²) in [4.78, 5) is 27.1. The first-order valence-electron chi connectivity index (χ1n) is 7.68. The highest BCUT2D eigenvalue weighted by atomic mass is 32.2. The van der Waals surface area contributed by atoms with E-state index >= 15 is 0 Å². The fourth-order valence-electron chi connectivity index (χ4n) is 4.29. The van der Waals surface area contributed by atoms with Gasteiger partial charge in [0.2, 0.25) is 0 Å². The zero-order valence-electron chi connectivity index (χ0n) is 13.5. The lowest BCUT2D eigenvalue weighted by Crippen LogP contribution is -2.60. The zero-order chi connectivity index (χ0) is 17.5. The molecule has 3 saturated heterocycles. The Morgan fingerprint density at radius 1 is 1.25 bits per heavy atom. The van der Waals surface area contributed by atoms with Crippen molar-refractivity contribution < 1.29 is 14.0 Å². The maximum absolute atomic E-state index is 13.3. The highest BCUT2D eigenvalue weighted by Gasteiger charge is 2.78. The lowest BCUT2D eigenvalue weighted by molar-refractivity contribution is -0.159. The highest BCUT2D eigenvalue weighted by Crippen LogP contribution is 2.69. The van der Waals surface area contributed by atoms with Crippen molar-refractivity contribution in [2.24, 2.45) is 5.41 Å². The smallest absolute Gasteiger partial charge is 0.261 e. The van der Waals surface area contributed by atoms with Crippen LogP contribution in [0.5, 0.6) is 0 Å². The molecule has 3 aliphatic heterocycles. The summed E-state index contributed by atoms with van der Waals surface area (Å²) in [5.41, 5.74) is -0.235. The van der Waals surface area contributed by atoms with Gasteiger partial charge in [-0.25, -0.2) is 4.39 Å². The second kappa shape index (κ2) is 4.31. The molecule has 5 nitrogen and oxygen atoms in total. The maximum atomic E-state index is 13.3. The molecule has 0 N–H and O–H groups in total. The van der Waals surface area contributed by atoms with E-state index in [2.05, 4.69) is 6.07 Å². The largest absolute Gasteiger partial charge is 0.320 e. The molecule has 1 spiro atoms. The summed E-state index contributed by atoms with van der Waals surface area (Å²) in [7, 11) is 1.63. The topological polar surface area (TPSA) is 64.4 Å². The lowest BCUT2D eigenvalue weighted by Gasteiger charge is -2.40. The van der Waals surface area contributed by atoms with Crippen LogP contribution in [-0.4, -0.2) is 38.4 Å². The third kappa shape index (κ3) is 1.50. The van der Waals surface area contributed by atoms with E-state index in [-0.39, 0.29) is 24.1 Å². The van der Waals surface area contributed by atoms with Gasteiger partial charge in [-0.2, -0.15) is 5.26 Å². The first kappa shape index (κ1) is 15.5. The number of nitrogens with zero attached hydrogens (tertiary/aromatic N) is 3. The number of fused-ring (bicyclic) bond motifs is 1. The predicted molar refractivity (Wildman–Crippen MR) is 85.8 cm³/mol. The fourth-order valence-corrected chi connectivity index (χ4v) is 6.23. The van der Waals surface area contributed by atoms with Crippen LogP contribution in [0.3, 0.4) is 0 Å². The van der Waals surface area contributed by atoms with Gasteiger partial charge < -0.3 is 9.80 Å². The van der Waals surface area contributed by atoms with Crippen LogP contribution >= 0.6 is 11.8 Å². The zero-order valence-corrected chi connectivity index (χ0v) is 14.4. The average Bonchev–Trinajstić information content (AvgIpc) is 3.02. The Morgan fingerprint density at radius 3 is 2.46 bits per heavy atom. The molecule has 4 atom stereocenters. The van der Waals surface area contributed by atoms with Gasteiger partial charge >= 0.3 is 0 Å². The van der Waals surface area contributed by atoms with Gasteiger partial charge in [0.1, 0.15) is 5.82 Å². The molecule has 124 valence electrons. The number of thioether (sulfide) groups is 1. The maximum Gasteiger partial charge on any atom is 0.261 e. The van der Waals surface area contributed by atoms with Crippen LogP contribution in [0.15, 0.2) is 24.3 Å². The molecule has 7 heteroatoms. The van der Waals surface area contributed by atoms with Crippen LogP contribution < -0.4 is 0 Å². The van der Waals surface area contributed by atoms with E-state index in [1.54, 1.807) is 37.9 Å². The van der Waals surface area contributed by atoms with E-state index in [1.165, 1.54) is 28.8 Å². The number of piperazine rings is 1. The standard InChI is InChI=1S/C17H16FN3O2S/c1-15(9-19)8-17-14(23)20(3)16(2,24-17)13(22)21(17)12(15)10-4-6-11(18)7-5-10/h4-7,12H,8H2,1-3H3/t12-,15+,16?,17?/m0/s1. The van der Waals surface area contributed by atoms with Crippen molar-refractivity contribution in [2.75, 3.05) is 7.05 Å². The number of carbonyl (C=O) groups is 2. The molecule has 3 heterocycles. The molecule has 1 aromatic carbocycles. The van der Waals surface area contributed by atoms with Gasteiger partial charge in [0, 0.05) is 13.5 Å². The first-order valence-corrected chi connectivity index (χ1v) is 8.50. The van der Waals surface area contributed by atoms with E-state index in [1.807, 2.05) is 0 Å². The normalized spacial score (nSPS) is 40.2. The third-order valence-electron chi connectivity index (χ3n) is 5.56. The van der Waals surface area contributed by atoms with E-state index < -0.39 is 21.2 Å². The van der Waals surface area contributed by atoms with Crippen LogP contribution in [0.1, 0.15) is 31.9 Å². The highest BCUT2D eigenvalue weighted by molar-refractivity contribution is 8.04. The number of amides is 2. The quantitative estimate of drug-likeness (QED) is 0.783. The SMILES string of the molecule is CN1C(=O)C23C[C@](C)(C#N)[C@H](c4ccc(F)cc4)N2C(=O)C1(C)S3. The lowest BCUT2D eigenvalue weighted by atomic mass is 9.79. The van der Waals surface area contributed by atoms with Gasteiger partial charge in [0.15, 0.2) is 9.74 Å². The summed E-state index contributed by atoms with van der Waals surface area (Å²) in [6, 6.07) is 7.56. The molecule has 1 aromatic rings. The monoisotopic (exact) mass is 345 g/mol. The Labute approximate surface area is 143 Å². The molecule has 0 saturated carbocycles. The van der Waals surface area contributed by atoms with E-state index in [0.29, 0.717) is 5.56 Å². The van der Waals surface area contributed by atoms with Gasteiger partial charge in [-0.15, -0.1) is 0 Å². The molecule has 2 amide bonds. The first-order chi connectivity index (χ1) is 11.2. The van der Waals surface area contributed by atoms with Crippen LogP contribution in [0.25, 0.3) is 0 Å². The summed E-state index contributed by atoms with van der Waals surface area (Å²) in [5.74, 6) is -0.680. The molecule has 0 aromatic heterocycles. The van der Waals surface area contributed by atoms with E-state index in [0.717, 1.165) is 0 Å². The molecule has 3 fully saturated rings. The van der Waals surface area contributed by atoms with E-state index in [4.69, 9.17) is 0 Å². The predicted octanol–water partition coefficient (Wildman–Crippen LogP) is 2.26. The van der Waals surface area contributed by atoms with Gasteiger partial charge in [0.25, 0.3) is 11.8 Å². The number of halogens is 1. The van der Waals surface area contributed by atoms with Gasteiger partial charge in [0.05, 0.1) is 17.5 Å². The van der Waals surface area contributed by atoms with Crippen LogP contribution in [0.2, 0.25) is 0 Å². The summed E-state index contributed by atoms with van der Waals surface area (Å²) >= 11 is 1.32. The Balaban J connectivity index is 1.92. The number of benzene rings is 1. The second-order valence-corrected chi connectivity index (χ2v) is 8.74. The Morgan fingerprint density at radius 2 is 1.88 bits per heavy atom. The van der Waals surface area contributed by atoms with E-state index in [9.17, 15) is 19.2 Å². The van der Waals surface area contributed by atoms with Crippen molar-refractivity contribution >= 4 is 23.6 Å². The number of hydrogen-bond acceptors (Lipinski definition) is 4. The summed E-state index contributed by atoms with van der Waals surface area (Å²) < 4.78 is 13.3. The molecule has 24 heavy (non-hydrogen) atoms. The van der Waals surface area contributed by atoms with Crippen LogP contribution in [-0.2, 0) is 9.59 Å². The molecule has 0 aliphatic carbocycles. The Kier molecular flexibility index (Phi) is 2.77. The second-order valence-electron chi connectivity index (χ2n) is 7.07. The number of likely N-dealkylation sites (N-methyl/N-ethyl adjacent to an activating group) is 1. The molecule has 4 rings (SSSR count). The minimum absolute atomic E-state index is 0.138. The third-order valence-corrected chi connectivity index (χ3v) is 7.26. The fraction of sp³-hybridized carbons (Fsp3) is 0.471. The minimum atomic E-state index is -1.04. The van der Waals surface area contributed by atoms with Crippen molar-refractivity contribution in [1.82, 2.24) is 9.80 Å². The van der Waals surface area contributed by atoms with Crippen molar-refractivity contribution in [3.05, 3.63) is 35.6 Å². The molecule has 3 aliphatic rings. The summed E-state index contributed by atoms with van der Waals surface area (Å²) in [5, 5.41) is 9.80. The Hall–Kier alpha value is -2.07. The number of carbonyl (C=O) groups excluding carboxylic acids is 2. The van der Waals surface area contributed by atoms with Crippen molar-refractivity contribution in [3.63, 3.8) is 0 Å². The van der Waals surface area contributed by atoms with Crippen LogP contribution in [0, 0.1) is 22.6 Å². The number of hydrogen-bond donors (Lipinski definition) is 0. The van der Waals surface area contributed by atoms with Crippen molar-refractivity contribution in [2.45, 2.75) is 36.1 Å². The molecule has 2 unspecified atom stereocenters. The summed E-state index contributed by atoms with van der Waals surface area (Å²) in [6.07, 6.45) is 0.272.